The predicted octanol–water partition coefficient (Wildman–Crippen LogP) is 0.915. The van der Waals surface area contributed by atoms with Crippen molar-refractivity contribution in [1.29, 1.82) is 0 Å². The van der Waals surface area contributed by atoms with Gasteiger partial charge in [0.15, 0.2) is 0 Å². The van der Waals surface area contributed by atoms with Crippen molar-refractivity contribution >= 4 is 11.6 Å². The lowest BCUT2D eigenvalue weighted by atomic mass is 10.0. The highest BCUT2D eigenvalue weighted by molar-refractivity contribution is 5.93. The van der Waals surface area contributed by atoms with Crippen LogP contribution in [-0.4, -0.2) is 41.1 Å². The lowest BCUT2D eigenvalue weighted by Crippen LogP contribution is -2.55. The molecule has 2 rings (SSSR count). The van der Waals surface area contributed by atoms with Crippen molar-refractivity contribution in [3.8, 4) is 0 Å². The quantitative estimate of drug-likeness (QED) is 0.785. The third-order valence-corrected chi connectivity index (χ3v) is 2.89. The number of carbonyl (C=O) groups is 1. The summed E-state index contributed by atoms with van der Waals surface area (Å²) in [7, 11) is 0. The van der Waals surface area contributed by atoms with Crippen LogP contribution in [-0.2, 0) is 4.74 Å². The number of hydrogen-bond acceptors (Lipinski definition) is 4. The Labute approximate surface area is 101 Å². The van der Waals surface area contributed by atoms with E-state index in [0.29, 0.717) is 31.1 Å². The van der Waals surface area contributed by atoms with Crippen LogP contribution >= 0.6 is 0 Å². The Morgan fingerprint density at radius 2 is 2.35 bits per heavy atom. The summed E-state index contributed by atoms with van der Waals surface area (Å²) < 4.78 is 5.39. The number of carbonyl (C=O) groups excluding carboxylic acids is 1. The number of nitrogens with two attached hydrogens (primary N) is 1. The summed E-state index contributed by atoms with van der Waals surface area (Å²) in [5.41, 5.74) is 6.29. The van der Waals surface area contributed by atoms with Gasteiger partial charge in [0.1, 0.15) is 5.69 Å². The topological polar surface area (TPSA) is 68.5 Å². The summed E-state index contributed by atoms with van der Waals surface area (Å²) in [5, 5.41) is 0. The van der Waals surface area contributed by atoms with Gasteiger partial charge in [-0.2, -0.15) is 0 Å². The van der Waals surface area contributed by atoms with Gasteiger partial charge in [-0.05, 0) is 26.0 Å². The molecule has 1 amide bonds. The van der Waals surface area contributed by atoms with Gasteiger partial charge in [-0.3, -0.25) is 9.78 Å². The molecule has 1 fully saturated rings. The summed E-state index contributed by atoms with van der Waals surface area (Å²) in [5.74, 6) is -0.0920. The second-order valence-electron chi connectivity index (χ2n) is 4.80. The van der Waals surface area contributed by atoms with E-state index in [1.54, 1.807) is 23.2 Å². The first-order valence-electron chi connectivity index (χ1n) is 5.62. The van der Waals surface area contributed by atoms with E-state index in [-0.39, 0.29) is 11.4 Å². The van der Waals surface area contributed by atoms with Crippen LogP contribution in [0.25, 0.3) is 0 Å². The number of pyridine rings is 1. The molecule has 0 radical (unpaired) electrons. The van der Waals surface area contributed by atoms with Crippen molar-refractivity contribution in [3.05, 3.63) is 24.0 Å². The fourth-order valence-electron chi connectivity index (χ4n) is 1.94. The molecule has 1 aromatic heterocycles. The molecule has 92 valence electrons. The molecule has 5 nitrogen and oxygen atoms in total. The van der Waals surface area contributed by atoms with Crippen molar-refractivity contribution < 1.29 is 9.53 Å². The van der Waals surface area contributed by atoms with E-state index in [9.17, 15) is 4.79 Å². The van der Waals surface area contributed by atoms with E-state index in [4.69, 9.17) is 10.5 Å². The summed E-state index contributed by atoms with van der Waals surface area (Å²) in [6.45, 7) is 5.66. The van der Waals surface area contributed by atoms with E-state index < -0.39 is 0 Å². The Hall–Kier alpha value is -1.62. The lowest BCUT2D eigenvalue weighted by molar-refractivity contribution is -0.0373. The van der Waals surface area contributed by atoms with Crippen molar-refractivity contribution in [2.75, 3.05) is 25.5 Å². The normalized spacial score (nSPS) is 19.1. The van der Waals surface area contributed by atoms with Crippen LogP contribution in [0.4, 0.5) is 5.69 Å². The lowest BCUT2D eigenvalue weighted by Gasteiger charge is -2.41. The number of hydrogen-bond donors (Lipinski definition) is 1. The standard InChI is InChI=1S/C12H17N3O2/c1-12(2)8-17-6-5-15(12)11(16)10-7-9(13)3-4-14-10/h3-4,7H,5-6,8H2,1-2H3,(H2,13,14). The monoisotopic (exact) mass is 235 g/mol. The zero-order valence-electron chi connectivity index (χ0n) is 10.1. The first-order chi connectivity index (χ1) is 8.00. The fraction of sp³-hybridized carbons (Fsp3) is 0.500. The van der Waals surface area contributed by atoms with Gasteiger partial charge in [-0.25, -0.2) is 0 Å². The summed E-state index contributed by atoms with van der Waals surface area (Å²) in [6, 6.07) is 3.27. The number of nitrogen functional groups attached to an aromatic ring is 1. The number of anilines is 1. The van der Waals surface area contributed by atoms with Crippen LogP contribution in [0.5, 0.6) is 0 Å². The second kappa shape index (κ2) is 4.33. The van der Waals surface area contributed by atoms with Crippen LogP contribution < -0.4 is 5.73 Å². The average Bonchev–Trinajstić information content (AvgIpc) is 2.27. The minimum absolute atomic E-state index is 0.0920. The molecular weight excluding hydrogens is 218 g/mol. The van der Waals surface area contributed by atoms with Crippen molar-refractivity contribution in [3.63, 3.8) is 0 Å². The second-order valence-corrected chi connectivity index (χ2v) is 4.80. The van der Waals surface area contributed by atoms with Gasteiger partial charge in [-0.1, -0.05) is 0 Å². The molecule has 1 aliphatic rings. The van der Waals surface area contributed by atoms with E-state index in [2.05, 4.69) is 4.98 Å². The van der Waals surface area contributed by atoms with E-state index in [0.717, 1.165) is 0 Å². The first-order valence-corrected chi connectivity index (χ1v) is 5.62. The van der Waals surface area contributed by atoms with Gasteiger partial charge in [-0.15, -0.1) is 0 Å². The maximum absolute atomic E-state index is 12.3. The number of nitrogens with zero attached hydrogens (tertiary/aromatic N) is 2. The molecule has 5 heteroatoms. The van der Waals surface area contributed by atoms with Crippen molar-refractivity contribution in [1.82, 2.24) is 9.88 Å². The maximum atomic E-state index is 12.3. The molecule has 0 aromatic carbocycles. The van der Waals surface area contributed by atoms with Gasteiger partial charge in [0, 0.05) is 18.4 Å². The highest BCUT2D eigenvalue weighted by atomic mass is 16.5. The number of ether oxygens (including phenoxy) is 1. The van der Waals surface area contributed by atoms with Crippen LogP contribution in [0.1, 0.15) is 24.3 Å². The van der Waals surface area contributed by atoms with Gasteiger partial charge < -0.3 is 15.4 Å². The SMILES string of the molecule is CC1(C)COCCN1C(=O)c1cc(N)ccn1. The summed E-state index contributed by atoms with van der Waals surface area (Å²) >= 11 is 0. The molecule has 1 aromatic rings. The molecule has 1 saturated heterocycles. The smallest absolute Gasteiger partial charge is 0.273 e. The number of amides is 1. The highest BCUT2D eigenvalue weighted by Gasteiger charge is 2.35. The Balaban J connectivity index is 2.25. The first kappa shape index (κ1) is 11.9. The van der Waals surface area contributed by atoms with Crippen molar-refractivity contribution in [2.45, 2.75) is 19.4 Å². The van der Waals surface area contributed by atoms with Gasteiger partial charge in [0.2, 0.25) is 0 Å². The van der Waals surface area contributed by atoms with Crippen molar-refractivity contribution in [2.24, 2.45) is 0 Å². The average molecular weight is 235 g/mol. The number of morpholine rings is 1. The number of aromatic nitrogens is 1. The number of rotatable bonds is 1. The fourth-order valence-corrected chi connectivity index (χ4v) is 1.94. The zero-order chi connectivity index (χ0) is 12.5. The molecule has 0 saturated carbocycles. The molecule has 1 aliphatic heterocycles. The molecule has 0 spiro atoms. The zero-order valence-corrected chi connectivity index (χ0v) is 10.1. The Kier molecular flexibility index (Phi) is 3.02. The summed E-state index contributed by atoms with van der Waals surface area (Å²) in [6.07, 6.45) is 1.55. The van der Waals surface area contributed by atoms with Gasteiger partial charge in [0.25, 0.3) is 5.91 Å². The van der Waals surface area contributed by atoms with Gasteiger partial charge >= 0.3 is 0 Å². The Bertz CT molecular complexity index is 432. The molecular formula is C12H17N3O2. The Morgan fingerprint density at radius 1 is 1.59 bits per heavy atom. The van der Waals surface area contributed by atoms with Gasteiger partial charge in [0.05, 0.1) is 18.8 Å². The molecule has 0 aliphatic carbocycles. The molecule has 0 unspecified atom stereocenters. The molecule has 0 bridgehead atoms. The molecule has 2 heterocycles. The molecule has 2 N–H and O–H groups in total. The predicted molar refractivity (Wildman–Crippen MR) is 64.6 cm³/mol. The van der Waals surface area contributed by atoms with Crippen LogP contribution in [0, 0.1) is 0 Å². The Morgan fingerprint density at radius 3 is 3.00 bits per heavy atom. The van der Waals surface area contributed by atoms with Crippen LogP contribution in [0.3, 0.4) is 0 Å². The minimum atomic E-state index is -0.304. The highest BCUT2D eigenvalue weighted by Crippen LogP contribution is 2.21. The van der Waals surface area contributed by atoms with E-state index >= 15 is 0 Å². The van der Waals surface area contributed by atoms with Crippen LogP contribution in [0.15, 0.2) is 18.3 Å². The largest absolute Gasteiger partial charge is 0.399 e. The van der Waals surface area contributed by atoms with E-state index in [1.807, 2.05) is 13.8 Å². The molecule has 17 heavy (non-hydrogen) atoms. The maximum Gasteiger partial charge on any atom is 0.273 e. The third kappa shape index (κ3) is 2.39. The molecule has 0 atom stereocenters. The minimum Gasteiger partial charge on any atom is -0.399 e. The third-order valence-electron chi connectivity index (χ3n) is 2.89. The van der Waals surface area contributed by atoms with E-state index in [1.165, 1.54) is 0 Å². The summed E-state index contributed by atoms with van der Waals surface area (Å²) in [4.78, 5) is 18.2. The van der Waals surface area contributed by atoms with Crippen LogP contribution in [0.2, 0.25) is 0 Å².